The van der Waals surface area contributed by atoms with Crippen LogP contribution in [0.25, 0.3) is 10.9 Å². The van der Waals surface area contributed by atoms with Crippen molar-refractivity contribution in [3.05, 3.63) is 46.6 Å². The molecule has 1 fully saturated rings. The fourth-order valence-electron chi connectivity index (χ4n) is 5.16. The first kappa shape index (κ1) is 28.2. The zero-order valence-electron chi connectivity index (χ0n) is 19.9. The van der Waals surface area contributed by atoms with Crippen molar-refractivity contribution in [3.8, 4) is 0 Å². The Hall–Kier alpha value is -2.80. The number of aromatic nitrogens is 4. The molecule has 0 N–H and O–H groups in total. The van der Waals surface area contributed by atoms with Gasteiger partial charge < -0.3 is 14.4 Å². The van der Waals surface area contributed by atoms with E-state index >= 15 is 0 Å². The Morgan fingerprint density at radius 2 is 1.79 bits per heavy atom. The van der Waals surface area contributed by atoms with E-state index < -0.39 is 23.7 Å². The number of piperidine rings is 1. The summed E-state index contributed by atoms with van der Waals surface area (Å²) >= 11 is 6.42. The summed E-state index contributed by atoms with van der Waals surface area (Å²) in [5.74, 6) is -1.68. The molecule has 4 heterocycles. The van der Waals surface area contributed by atoms with Gasteiger partial charge in [0.05, 0.1) is 28.3 Å². The highest BCUT2D eigenvalue weighted by atomic mass is 35.5. The Kier molecular flexibility index (Phi) is 7.47. The number of fused-ring (bicyclic) bond motifs is 2. The van der Waals surface area contributed by atoms with Crippen LogP contribution < -0.4 is 4.90 Å². The molecule has 38 heavy (non-hydrogen) atoms. The standard InChI is InChI=1S/C23H21ClF6N6O.ClH/c1-12-10-34(19-15-3-2-13(22(25,26)27)8-17(15)31-9-16(19)24)5-4-14(12)20(37)35-6-7-36-18(11-35)32-33-21(36)23(28,29)30;/h2-3,8-9,12,14H,4-7,10-11H2,1H3;1H/t12-,14+;/m1./s1. The van der Waals surface area contributed by atoms with Gasteiger partial charge in [-0.1, -0.05) is 24.6 Å². The summed E-state index contributed by atoms with van der Waals surface area (Å²) in [6, 6.07) is 3.32. The van der Waals surface area contributed by atoms with E-state index in [1.165, 1.54) is 17.2 Å². The zero-order chi connectivity index (χ0) is 26.7. The SMILES string of the molecule is C[C@@H]1CN(c2c(Cl)cnc3cc(C(F)(F)F)ccc23)CC[C@@H]1C(=O)N1CCn2c(nnc2C(F)(F)F)C1.Cl. The van der Waals surface area contributed by atoms with Crippen molar-refractivity contribution >= 4 is 46.5 Å². The molecule has 2 aliphatic heterocycles. The third-order valence-corrected chi connectivity index (χ3v) is 7.26. The maximum atomic E-state index is 13.3. The van der Waals surface area contributed by atoms with E-state index in [1.54, 1.807) is 0 Å². The van der Waals surface area contributed by atoms with Crippen molar-refractivity contribution in [3.63, 3.8) is 0 Å². The molecule has 206 valence electrons. The second-order valence-electron chi connectivity index (χ2n) is 9.35. The van der Waals surface area contributed by atoms with Gasteiger partial charge in [-0.15, -0.1) is 22.6 Å². The summed E-state index contributed by atoms with van der Waals surface area (Å²) in [5.41, 5.74) is -0.0854. The van der Waals surface area contributed by atoms with Crippen LogP contribution in [-0.4, -0.2) is 50.2 Å². The molecular formula is C23H22Cl2F6N6O. The second kappa shape index (κ2) is 10.1. The van der Waals surface area contributed by atoms with Crippen LogP contribution in [0.2, 0.25) is 5.02 Å². The lowest BCUT2D eigenvalue weighted by molar-refractivity contribution is -0.148. The predicted octanol–water partition coefficient (Wildman–Crippen LogP) is 5.44. The van der Waals surface area contributed by atoms with Crippen LogP contribution in [0.1, 0.15) is 30.6 Å². The summed E-state index contributed by atoms with van der Waals surface area (Å²) in [4.78, 5) is 20.8. The largest absolute Gasteiger partial charge is 0.451 e. The van der Waals surface area contributed by atoms with E-state index in [0.29, 0.717) is 35.6 Å². The summed E-state index contributed by atoms with van der Waals surface area (Å²) in [6.45, 7) is 2.73. The van der Waals surface area contributed by atoms with E-state index in [-0.39, 0.29) is 61.1 Å². The lowest BCUT2D eigenvalue weighted by Crippen LogP contribution is -2.49. The number of rotatable bonds is 2. The van der Waals surface area contributed by atoms with Crippen LogP contribution in [0.5, 0.6) is 0 Å². The van der Waals surface area contributed by atoms with E-state index in [4.69, 9.17) is 11.6 Å². The maximum Gasteiger partial charge on any atom is 0.451 e. The Balaban J connectivity index is 0.00000336. The average molecular weight is 583 g/mol. The molecule has 5 rings (SSSR count). The molecule has 15 heteroatoms. The van der Waals surface area contributed by atoms with Gasteiger partial charge in [-0.2, -0.15) is 26.3 Å². The molecule has 0 aliphatic carbocycles. The highest BCUT2D eigenvalue weighted by molar-refractivity contribution is 6.34. The van der Waals surface area contributed by atoms with Gasteiger partial charge in [0.1, 0.15) is 0 Å². The molecule has 0 saturated carbocycles. The molecule has 0 unspecified atom stereocenters. The summed E-state index contributed by atoms with van der Waals surface area (Å²) in [5, 5.41) is 7.65. The minimum absolute atomic E-state index is 0. The number of carbonyl (C=O) groups is 1. The molecule has 0 radical (unpaired) electrons. The van der Waals surface area contributed by atoms with Gasteiger partial charge in [0, 0.05) is 43.7 Å². The van der Waals surface area contributed by atoms with Crippen molar-refractivity contribution in [2.45, 2.75) is 38.8 Å². The topological polar surface area (TPSA) is 67.2 Å². The Bertz CT molecular complexity index is 1360. The summed E-state index contributed by atoms with van der Waals surface area (Å²) in [7, 11) is 0. The maximum absolute atomic E-state index is 13.3. The third-order valence-electron chi connectivity index (χ3n) is 6.98. The first-order chi connectivity index (χ1) is 17.3. The van der Waals surface area contributed by atoms with Crippen LogP contribution in [0.4, 0.5) is 32.0 Å². The van der Waals surface area contributed by atoms with E-state index in [2.05, 4.69) is 15.2 Å². The zero-order valence-corrected chi connectivity index (χ0v) is 21.4. The van der Waals surface area contributed by atoms with Gasteiger partial charge in [0.15, 0.2) is 5.82 Å². The molecule has 1 amide bonds. The minimum Gasteiger partial charge on any atom is -0.369 e. The fourth-order valence-corrected chi connectivity index (χ4v) is 5.43. The highest BCUT2D eigenvalue weighted by Gasteiger charge is 2.41. The second-order valence-corrected chi connectivity index (χ2v) is 9.76. The highest BCUT2D eigenvalue weighted by Crippen LogP contribution is 2.39. The summed E-state index contributed by atoms with van der Waals surface area (Å²) < 4.78 is 79.8. The van der Waals surface area contributed by atoms with Gasteiger partial charge >= 0.3 is 12.4 Å². The normalized spacial score (nSPS) is 20.3. The van der Waals surface area contributed by atoms with Crippen molar-refractivity contribution < 1.29 is 31.1 Å². The van der Waals surface area contributed by atoms with Crippen LogP contribution in [0.3, 0.4) is 0 Å². The van der Waals surface area contributed by atoms with Gasteiger partial charge in [-0.25, -0.2) is 0 Å². The number of benzene rings is 1. The molecule has 3 aromatic rings. The number of nitrogens with zero attached hydrogens (tertiary/aromatic N) is 6. The van der Waals surface area contributed by atoms with E-state index in [9.17, 15) is 31.1 Å². The number of halogens is 8. The molecule has 0 spiro atoms. The third kappa shape index (κ3) is 5.09. The van der Waals surface area contributed by atoms with Crippen LogP contribution in [-0.2, 0) is 30.2 Å². The lowest BCUT2D eigenvalue weighted by Gasteiger charge is -2.40. The lowest BCUT2D eigenvalue weighted by atomic mass is 9.85. The number of carbonyl (C=O) groups excluding carboxylic acids is 1. The van der Waals surface area contributed by atoms with Gasteiger partial charge in [0.25, 0.3) is 0 Å². The molecular weight excluding hydrogens is 561 g/mol. The van der Waals surface area contributed by atoms with Gasteiger partial charge in [-0.05, 0) is 24.5 Å². The number of alkyl halides is 6. The van der Waals surface area contributed by atoms with Gasteiger partial charge in [0.2, 0.25) is 11.7 Å². The molecule has 2 atom stereocenters. The number of pyridine rings is 1. The van der Waals surface area contributed by atoms with Crippen molar-refractivity contribution in [2.24, 2.45) is 11.8 Å². The van der Waals surface area contributed by atoms with Crippen LogP contribution in [0.15, 0.2) is 24.4 Å². The molecule has 2 aromatic heterocycles. The van der Waals surface area contributed by atoms with E-state index in [1.807, 2.05) is 11.8 Å². The number of anilines is 1. The minimum atomic E-state index is -4.62. The smallest absolute Gasteiger partial charge is 0.369 e. The van der Waals surface area contributed by atoms with E-state index in [0.717, 1.165) is 16.7 Å². The first-order valence-corrected chi connectivity index (χ1v) is 11.9. The van der Waals surface area contributed by atoms with Crippen molar-refractivity contribution in [2.75, 3.05) is 24.5 Å². The predicted molar refractivity (Wildman–Crippen MR) is 129 cm³/mol. The molecule has 0 bridgehead atoms. The summed E-state index contributed by atoms with van der Waals surface area (Å²) in [6.07, 6.45) is -7.36. The van der Waals surface area contributed by atoms with Crippen molar-refractivity contribution in [1.82, 2.24) is 24.6 Å². The molecule has 1 saturated heterocycles. The van der Waals surface area contributed by atoms with Crippen LogP contribution >= 0.6 is 24.0 Å². The monoisotopic (exact) mass is 582 g/mol. The van der Waals surface area contributed by atoms with Gasteiger partial charge in [-0.3, -0.25) is 9.78 Å². The first-order valence-electron chi connectivity index (χ1n) is 11.5. The number of amides is 1. The van der Waals surface area contributed by atoms with Crippen LogP contribution in [0, 0.1) is 11.8 Å². The quantitative estimate of drug-likeness (QED) is 0.376. The number of hydrogen-bond donors (Lipinski definition) is 0. The molecule has 7 nitrogen and oxygen atoms in total. The van der Waals surface area contributed by atoms with Crippen molar-refractivity contribution in [1.29, 1.82) is 0 Å². The molecule has 1 aromatic carbocycles. The average Bonchev–Trinajstić information content (AvgIpc) is 3.26. The number of hydrogen-bond acceptors (Lipinski definition) is 5. The fraction of sp³-hybridized carbons (Fsp3) is 0.478. The Labute approximate surface area is 224 Å². The Morgan fingerprint density at radius 1 is 1.05 bits per heavy atom. The molecule has 2 aliphatic rings. The Morgan fingerprint density at radius 3 is 2.45 bits per heavy atom.